The molecule has 1 amide bonds. The number of carbonyl (C=O) groups is 1. The van der Waals surface area contributed by atoms with Crippen molar-refractivity contribution in [1.29, 1.82) is 0 Å². The molecule has 2 rings (SSSR count). The van der Waals surface area contributed by atoms with Crippen molar-refractivity contribution in [3.63, 3.8) is 0 Å². The summed E-state index contributed by atoms with van der Waals surface area (Å²) in [6, 6.07) is 7.45. The van der Waals surface area contributed by atoms with E-state index in [-0.39, 0.29) is 30.7 Å². The minimum absolute atomic E-state index is 0. The Hall–Kier alpha value is -1.85. The lowest BCUT2D eigenvalue weighted by atomic mass is 10.2. The number of rotatable bonds is 5. The number of aromatic nitrogens is 2. The van der Waals surface area contributed by atoms with E-state index in [0.29, 0.717) is 18.7 Å². The van der Waals surface area contributed by atoms with Gasteiger partial charge in [-0.1, -0.05) is 0 Å². The summed E-state index contributed by atoms with van der Waals surface area (Å²) < 4.78 is 0. The van der Waals surface area contributed by atoms with Crippen LogP contribution in [0.4, 0.5) is 5.69 Å². The van der Waals surface area contributed by atoms with Crippen LogP contribution in [0, 0.1) is 0 Å². The molecule has 5 nitrogen and oxygen atoms in total. The van der Waals surface area contributed by atoms with Crippen LogP contribution in [0.5, 0.6) is 0 Å². The Balaban J connectivity index is 0.00000220. The summed E-state index contributed by atoms with van der Waals surface area (Å²) in [5.74, 6) is 0.0522. The normalized spacial score (nSPS) is 9.32. The molecule has 0 fully saturated rings. The number of likely N-dealkylation sites (N-methyl/N-ethyl adjacent to an activating group) is 1. The van der Waals surface area contributed by atoms with E-state index in [1.54, 1.807) is 42.7 Å². The molecule has 2 N–H and O–H groups in total. The van der Waals surface area contributed by atoms with Gasteiger partial charge in [0.15, 0.2) is 0 Å². The van der Waals surface area contributed by atoms with E-state index in [0.717, 1.165) is 12.1 Å². The zero-order valence-corrected chi connectivity index (χ0v) is 13.9. The van der Waals surface area contributed by atoms with Gasteiger partial charge in [0.05, 0.1) is 18.3 Å². The third-order valence-electron chi connectivity index (χ3n) is 3.09. The number of halogens is 2. The molecule has 0 spiro atoms. The van der Waals surface area contributed by atoms with Crippen LogP contribution >= 0.6 is 24.8 Å². The number of hydrogen-bond donors (Lipinski definition) is 1. The van der Waals surface area contributed by atoms with Gasteiger partial charge in [-0.2, -0.15) is 0 Å². The number of nitrogens with two attached hydrogens (primary N) is 1. The lowest BCUT2D eigenvalue weighted by molar-refractivity contribution is -0.129. The molecule has 0 aromatic carbocycles. The Morgan fingerprint density at radius 3 is 2.45 bits per heavy atom. The first-order valence-corrected chi connectivity index (χ1v) is 6.48. The molecule has 0 unspecified atom stereocenters. The minimum Gasteiger partial charge on any atom is -0.397 e. The van der Waals surface area contributed by atoms with Gasteiger partial charge in [0.1, 0.15) is 0 Å². The van der Waals surface area contributed by atoms with Crippen LogP contribution in [0.2, 0.25) is 0 Å². The van der Waals surface area contributed by atoms with Crippen molar-refractivity contribution >= 4 is 36.4 Å². The van der Waals surface area contributed by atoms with Gasteiger partial charge < -0.3 is 10.6 Å². The van der Waals surface area contributed by atoms with Gasteiger partial charge in [-0.3, -0.25) is 14.8 Å². The third kappa shape index (κ3) is 6.28. The summed E-state index contributed by atoms with van der Waals surface area (Å²) in [6.45, 7) is 0.678. The number of hydrogen-bond acceptors (Lipinski definition) is 4. The van der Waals surface area contributed by atoms with Crippen LogP contribution in [-0.4, -0.2) is 34.4 Å². The fourth-order valence-electron chi connectivity index (χ4n) is 1.80. The van der Waals surface area contributed by atoms with E-state index in [1.165, 1.54) is 5.56 Å². The summed E-state index contributed by atoms with van der Waals surface area (Å²) >= 11 is 0. The van der Waals surface area contributed by atoms with Crippen LogP contribution in [0.15, 0.2) is 42.9 Å². The van der Waals surface area contributed by atoms with Crippen molar-refractivity contribution in [3.05, 3.63) is 54.1 Å². The average molecular weight is 343 g/mol. The molecule has 2 heterocycles. The van der Waals surface area contributed by atoms with Crippen molar-refractivity contribution in [2.75, 3.05) is 19.3 Å². The van der Waals surface area contributed by atoms with Crippen molar-refractivity contribution in [2.24, 2.45) is 0 Å². The van der Waals surface area contributed by atoms with Gasteiger partial charge in [-0.25, -0.2) is 0 Å². The van der Waals surface area contributed by atoms with Crippen molar-refractivity contribution in [2.45, 2.75) is 12.8 Å². The summed E-state index contributed by atoms with van der Waals surface area (Å²) in [6.07, 6.45) is 6.21. The predicted molar refractivity (Wildman–Crippen MR) is 92.4 cm³/mol. The van der Waals surface area contributed by atoms with Gasteiger partial charge in [-0.15, -0.1) is 24.8 Å². The largest absolute Gasteiger partial charge is 0.397 e. The highest BCUT2D eigenvalue weighted by molar-refractivity contribution is 5.85. The Morgan fingerprint density at radius 2 is 1.86 bits per heavy atom. The molecule has 0 radical (unpaired) electrons. The highest BCUT2D eigenvalue weighted by Gasteiger charge is 2.10. The SMILES string of the molecule is CN(CCc1ccncc1)C(=O)Cc1ccc(N)cn1.Cl.Cl. The number of pyridine rings is 2. The Morgan fingerprint density at radius 1 is 1.18 bits per heavy atom. The van der Waals surface area contributed by atoms with Crippen LogP contribution < -0.4 is 5.73 Å². The number of nitrogens with zero attached hydrogens (tertiary/aromatic N) is 3. The maximum Gasteiger partial charge on any atom is 0.228 e. The molecule has 120 valence electrons. The van der Waals surface area contributed by atoms with Crippen molar-refractivity contribution < 1.29 is 4.79 Å². The van der Waals surface area contributed by atoms with Crippen LogP contribution in [0.3, 0.4) is 0 Å². The fourth-order valence-corrected chi connectivity index (χ4v) is 1.80. The van der Waals surface area contributed by atoms with E-state index >= 15 is 0 Å². The molecule has 2 aromatic rings. The molecule has 0 aliphatic rings. The number of anilines is 1. The first-order chi connectivity index (χ1) is 9.65. The fraction of sp³-hybridized carbons (Fsp3) is 0.267. The lowest BCUT2D eigenvalue weighted by Crippen LogP contribution is -2.30. The Kier molecular flexibility index (Phi) is 9.13. The quantitative estimate of drug-likeness (QED) is 0.903. The van der Waals surface area contributed by atoms with Crippen molar-refractivity contribution in [1.82, 2.24) is 14.9 Å². The highest BCUT2D eigenvalue weighted by atomic mass is 35.5. The molecular formula is C15H20Cl2N4O. The number of amides is 1. The number of carbonyl (C=O) groups excluding carboxylic acids is 1. The molecule has 0 aliphatic carbocycles. The molecular weight excluding hydrogens is 323 g/mol. The summed E-state index contributed by atoms with van der Waals surface area (Å²) in [7, 11) is 1.81. The first kappa shape index (κ1) is 20.1. The molecule has 2 aromatic heterocycles. The van der Waals surface area contributed by atoms with Gasteiger partial charge in [-0.05, 0) is 36.2 Å². The second-order valence-corrected chi connectivity index (χ2v) is 4.68. The van der Waals surface area contributed by atoms with Gasteiger partial charge in [0.25, 0.3) is 0 Å². The van der Waals surface area contributed by atoms with Gasteiger partial charge >= 0.3 is 0 Å². The maximum absolute atomic E-state index is 12.1. The third-order valence-corrected chi connectivity index (χ3v) is 3.09. The summed E-state index contributed by atoms with van der Waals surface area (Å²) in [4.78, 5) is 21.9. The average Bonchev–Trinajstić information content (AvgIpc) is 2.48. The maximum atomic E-state index is 12.1. The van der Waals surface area contributed by atoms with Crippen molar-refractivity contribution in [3.8, 4) is 0 Å². The van der Waals surface area contributed by atoms with Crippen LogP contribution in [0.1, 0.15) is 11.3 Å². The molecule has 0 saturated heterocycles. The smallest absolute Gasteiger partial charge is 0.228 e. The second kappa shape index (κ2) is 9.97. The van der Waals surface area contributed by atoms with E-state index < -0.39 is 0 Å². The molecule has 0 atom stereocenters. The topological polar surface area (TPSA) is 72.1 Å². The van der Waals surface area contributed by atoms with Crippen LogP contribution in [0.25, 0.3) is 0 Å². The summed E-state index contributed by atoms with van der Waals surface area (Å²) in [5, 5.41) is 0. The zero-order chi connectivity index (χ0) is 14.4. The van der Waals surface area contributed by atoms with E-state index in [1.807, 2.05) is 12.1 Å². The Labute approximate surface area is 142 Å². The summed E-state index contributed by atoms with van der Waals surface area (Å²) in [5.41, 5.74) is 8.08. The standard InChI is InChI=1S/C15H18N4O.2ClH/c1-19(9-6-12-4-7-17-8-5-12)15(20)10-14-3-2-13(16)11-18-14;;/h2-5,7-8,11H,6,9-10,16H2,1H3;2*1H. The molecule has 0 bridgehead atoms. The zero-order valence-electron chi connectivity index (χ0n) is 12.3. The van der Waals surface area contributed by atoms with E-state index in [9.17, 15) is 4.79 Å². The van der Waals surface area contributed by atoms with Gasteiger partial charge in [0.2, 0.25) is 5.91 Å². The highest BCUT2D eigenvalue weighted by Crippen LogP contribution is 2.04. The number of nitrogen functional groups attached to an aromatic ring is 1. The predicted octanol–water partition coefficient (Wildman–Crippen LogP) is 2.15. The van der Waals surface area contributed by atoms with Crippen LogP contribution in [-0.2, 0) is 17.6 Å². The first-order valence-electron chi connectivity index (χ1n) is 6.48. The van der Waals surface area contributed by atoms with E-state index in [4.69, 9.17) is 5.73 Å². The van der Waals surface area contributed by atoms with E-state index in [2.05, 4.69) is 9.97 Å². The molecule has 7 heteroatoms. The minimum atomic E-state index is 0. The molecule has 22 heavy (non-hydrogen) atoms. The second-order valence-electron chi connectivity index (χ2n) is 4.68. The Bertz CT molecular complexity index is 564. The van der Waals surface area contributed by atoms with Gasteiger partial charge in [0, 0.05) is 31.7 Å². The monoisotopic (exact) mass is 342 g/mol. The molecule has 0 saturated carbocycles. The molecule has 0 aliphatic heterocycles. The lowest BCUT2D eigenvalue weighted by Gasteiger charge is -2.17.